The summed E-state index contributed by atoms with van der Waals surface area (Å²) in [4.78, 5) is 13.5. The van der Waals surface area contributed by atoms with E-state index in [1.807, 2.05) is 27.9 Å². The van der Waals surface area contributed by atoms with Crippen LogP contribution in [0.1, 0.15) is 13.8 Å². The maximum atomic E-state index is 11.7. The van der Waals surface area contributed by atoms with Crippen LogP contribution in [0.4, 0.5) is 0 Å². The smallest absolute Gasteiger partial charge is 0.226 e. The van der Waals surface area contributed by atoms with Crippen molar-refractivity contribution >= 4 is 5.91 Å². The van der Waals surface area contributed by atoms with Gasteiger partial charge in [-0.25, -0.2) is 0 Å². The Morgan fingerprint density at radius 1 is 1.50 bits per heavy atom. The van der Waals surface area contributed by atoms with E-state index in [4.69, 9.17) is 0 Å². The maximum absolute atomic E-state index is 11.7. The van der Waals surface area contributed by atoms with E-state index in [0.717, 1.165) is 26.2 Å². The minimum Gasteiger partial charge on any atom is -0.344 e. The van der Waals surface area contributed by atoms with E-state index in [9.17, 15) is 4.79 Å². The van der Waals surface area contributed by atoms with E-state index in [1.54, 1.807) is 4.90 Å². The van der Waals surface area contributed by atoms with E-state index in [2.05, 4.69) is 10.6 Å². The predicted octanol–water partition coefficient (Wildman–Crippen LogP) is -0.0902. The first-order chi connectivity index (χ1) is 6.63. The van der Waals surface area contributed by atoms with Crippen molar-refractivity contribution in [2.24, 2.45) is 5.92 Å². The summed E-state index contributed by atoms with van der Waals surface area (Å²) in [6, 6.07) is 0. The maximum Gasteiger partial charge on any atom is 0.226 e. The van der Waals surface area contributed by atoms with Crippen LogP contribution in [-0.4, -0.2) is 51.1 Å². The number of hydrogen-bond acceptors (Lipinski definition) is 3. The minimum atomic E-state index is 0.0665. The van der Waals surface area contributed by atoms with Crippen LogP contribution in [0.5, 0.6) is 0 Å². The summed E-state index contributed by atoms with van der Waals surface area (Å²) in [6.45, 7) is 7.29. The first-order valence-corrected chi connectivity index (χ1v) is 5.23. The molecule has 2 N–H and O–H groups in total. The Labute approximate surface area is 87.0 Å². The van der Waals surface area contributed by atoms with E-state index >= 15 is 0 Å². The third kappa shape index (κ3) is 5.19. The zero-order valence-corrected chi connectivity index (χ0v) is 9.76. The zero-order valence-electron chi connectivity index (χ0n) is 9.76. The normalized spacial score (nSPS) is 12.6. The van der Waals surface area contributed by atoms with Gasteiger partial charge in [0, 0.05) is 32.6 Å². The fourth-order valence-corrected chi connectivity index (χ4v) is 1.21. The molecule has 4 nitrogen and oxygen atoms in total. The van der Waals surface area contributed by atoms with Gasteiger partial charge >= 0.3 is 0 Å². The molecule has 0 rings (SSSR count). The molecule has 84 valence electrons. The molecular weight excluding hydrogens is 178 g/mol. The molecule has 4 heteroatoms. The molecule has 1 atom stereocenters. The van der Waals surface area contributed by atoms with Crippen molar-refractivity contribution < 1.29 is 4.79 Å². The molecule has 0 aliphatic carbocycles. The highest BCUT2D eigenvalue weighted by molar-refractivity contribution is 5.78. The lowest BCUT2D eigenvalue weighted by atomic mass is 10.1. The van der Waals surface area contributed by atoms with Crippen molar-refractivity contribution in [3.63, 3.8) is 0 Å². The number of hydrogen-bond donors (Lipinski definition) is 2. The van der Waals surface area contributed by atoms with Gasteiger partial charge in [0.05, 0.1) is 0 Å². The molecule has 1 amide bonds. The van der Waals surface area contributed by atoms with Crippen LogP contribution in [0.15, 0.2) is 0 Å². The average Bonchev–Trinajstić information content (AvgIpc) is 2.21. The van der Waals surface area contributed by atoms with Crippen LogP contribution in [0.3, 0.4) is 0 Å². The molecule has 14 heavy (non-hydrogen) atoms. The van der Waals surface area contributed by atoms with Crippen LogP contribution in [0.25, 0.3) is 0 Å². The standard InChI is InChI=1S/C10H23N3O/c1-5-12-8-9(2)10(14)13(4)7-6-11-3/h9,11-12H,5-8H2,1-4H3. The first kappa shape index (κ1) is 13.4. The van der Waals surface area contributed by atoms with Gasteiger partial charge in [-0.1, -0.05) is 13.8 Å². The van der Waals surface area contributed by atoms with Gasteiger partial charge in [-0.3, -0.25) is 4.79 Å². The van der Waals surface area contributed by atoms with E-state index < -0.39 is 0 Å². The lowest BCUT2D eigenvalue weighted by Crippen LogP contribution is -2.39. The molecule has 0 aliphatic rings. The summed E-state index contributed by atoms with van der Waals surface area (Å²) in [5.41, 5.74) is 0. The van der Waals surface area contributed by atoms with Crippen molar-refractivity contribution in [3.8, 4) is 0 Å². The summed E-state index contributed by atoms with van der Waals surface area (Å²) in [5.74, 6) is 0.276. The molecule has 1 unspecified atom stereocenters. The largest absolute Gasteiger partial charge is 0.344 e. The van der Waals surface area contributed by atoms with Gasteiger partial charge in [0.15, 0.2) is 0 Å². The number of carbonyl (C=O) groups is 1. The Balaban J connectivity index is 3.78. The van der Waals surface area contributed by atoms with Crippen LogP contribution in [-0.2, 0) is 4.79 Å². The van der Waals surface area contributed by atoms with E-state index in [-0.39, 0.29) is 11.8 Å². The summed E-state index contributed by atoms with van der Waals surface area (Å²) in [7, 11) is 3.74. The second-order valence-corrected chi connectivity index (χ2v) is 3.57. The molecule has 0 spiro atoms. The monoisotopic (exact) mass is 201 g/mol. The average molecular weight is 201 g/mol. The highest BCUT2D eigenvalue weighted by atomic mass is 16.2. The molecule has 0 bridgehead atoms. The number of likely N-dealkylation sites (N-methyl/N-ethyl adjacent to an activating group) is 2. The Morgan fingerprint density at radius 2 is 2.14 bits per heavy atom. The topological polar surface area (TPSA) is 44.4 Å². The van der Waals surface area contributed by atoms with Crippen LogP contribution >= 0.6 is 0 Å². The van der Waals surface area contributed by atoms with Gasteiger partial charge in [0.1, 0.15) is 0 Å². The van der Waals surface area contributed by atoms with Gasteiger partial charge in [0.25, 0.3) is 0 Å². The second kappa shape index (κ2) is 7.76. The number of amides is 1. The highest BCUT2D eigenvalue weighted by Crippen LogP contribution is 1.98. The van der Waals surface area contributed by atoms with Gasteiger partial charge < -0.3 is 15.5 Å². The quantitative estimate of drug-likeness (QED) is 0.605. The molecule has 0 aliphatic heterocycles. The highest BCUT2D eigenvalue weighted by Gasteiger charge is 2.15. The van der Waals surface area contributed by atoms with Crippen molar-refractivity contribution in [2.75, 3.05) is 40.3 Å². The van der Waals surface area contributed by atoms with Crippen molar-refractivity contribution in [1.29, 1.82) is 0 Å². The molecule has 0 radical (unpaired) electrons. The second-order valence-electron chi connectivity index (χ2n) is 3.57. The Bertz CT molecular complexity index is 145. The van der Waals surface area contributed by atoms with E-state index in [1.165, 1.54) is 0 Å². The third-order valence-corrected chi connectivity index (χ3v) is 2.20. The molecule has 0 aromatic carbocycles. The summed E-state index contributed by atoms with van der Waals surface area (Å²) in [5, 5.41) is 6.20. The molecule has 0 aromatic heterocycles. The first-order valence-electron chi connectivity index (χ1n) is 5.23. The number of nitrogens with one attached hydrogen (secondary N) is 2. The fraction of sp³-hybridized carbons (Fsp3) is 0.900. The number of nitrogens with zero attached hydrogens (tertiary/aromatic N) is 1. The van der Waals surface area contributed by atoms with Crippen molar-refractivity contribution in [3.05, 3.63) is 0 Å². The third-order valence-electron chi connectivity index (χ3n) is 2.20. The minimum absolute atomic E-state index is 0.0665. The lowest BCUT2D eigenvalue weighted by Gasteiger charge is -2.21. The Morgan fingerprint density at radius 3 is 2.64 bits per heavy atom. The van der Waals surface area contributed by atoms with Crippen LogP contribution in [0.2, 0.25) is 0 Å². The molecular formula is C10H23N3O. The van der Waals surface area contributed by atoms with Crippen molar-refractivity contribution in [2.45, 2.75) is 13.8 Å². The van der Waals surface area contributed by atoms with Crippen molar-refractivity contribution in [1.82, 2.24) is 15.5 Å². The Kier molecular flexibility index (Phi) is 7.42. The van der Waals surface area contributed by atoms with Gasteiger partial charge in [-0.15, -0.1) is 0 Å². The summed E-state index contributed by atoms with van der Waals surface area (Å²) >= 11 is 0. The van der Waals surface area contributed by atoms with Crippen LogP contribution in [0, 0.1) is 5.92 Å². The Hall–Kier alpha value is -0.610. The summed E-state index contributed by atoms with van der Waals surface area (Å²) < 4.78 is 0. The predicted molar refractivity (Wildman–Crippen MR) is 59.3 cm³/mol. The SMILES string of the molecule is CCNCC(C)C(=O)N(C)CCNC. The zero-order chi connectivity index (χ0) is 11.0. The number of rotatable bonds is 7. The van der Waals surface area contributed by atoms with Gasteiger partial charge in [-0.2, -0.15) is 0 Å². The lowest BCUT2D eigenvalue weighted by molar-refractivity contribution is -0.133. The molecule has 0 saturated heterocycles. The molecule has 0 fully saturated rings. The fourth-order valence-electron chi connectivity index (χ4n) is 1.21. The van der Waals surface area contributed by atoms with E-state index in [0.29, 0.717) is 0 Å². The van der Waals surface area contributed by atoms with Crippen LogP contribution < -0.4 is 10.6 Å². The molecule has 0 heterocycles. The molecule has 0 aromatic rings. The summed E-state index contributed by atoms with van der Waals surface area (Å²) in [6.07, 6.45) is 0. The van der Waals surface area contributed by atoms with Gasteiger partial charge in [-0.05, 0) is 13.6 Å². The van der Waals surface area contributed by atoms with Gasteiger partial charge in [0.2, 0.25) is 5.91 Å². The molecule has 0 saturated carbocycles. The number of carbonyl (C=O) groups excluding carboxylic acids is 1.